The number of furan rings is 1. The molecule has 0 spiro atoms. The van der Waals surface area contributed by atoms with E-state index in [0.717, 1.165) is 5.76 Å². The van der Waals surface area contributed by atoms with Gasteiger partial charge in [0, 0.05) is 12.6 Å². The summed E-state index contributed by atoms with van der Waals surface area (Å²) in [4.78, 5) is 31.0. The van der Waals surface area contributed by atoms with Crippen molar-refractivity contribution in [2.45, 2.75) is 13.8 Å². The number of thioether (sulfide) groups is 1. The van der Waals surface area contributed by atoms with Crippen molar-refractivity contribution in [2.75, 3.05) is 13.7 Å². The van der Waals surface area contributed by atoms with Crippen molar-refractivity contribution < 1.29 is 18.7 Å². The monoisotopic (exact) mass is 370 g/mol. The van der Waals surface area contributed by atoms with E-state index in [4.69, 9.17) is 9.15 Å². The van der Waals surface area contributed by atoms with E-state index in [1.807, 2.05) is 26.0 Å². The standard InChI is InChI=1S/C19H18N2O4S/c1-4-21-17(22)16(11-15-9-8-12(2)25-15)26-19(21)20-14-7-5-6-13(10-14)18(23)24-3/h5-11H,4H2,1-3H3. The number of carbonyl (C=O) groups is 2. The quantitative estimate of drug-likeness (QED) is 0.601. The summed E-state index contributed by atoms with van der Waals surface area (Å²) in [5, 5.41) is 0.564. The maximum Gasteiger partial charge on any atom is 0.337 e. The third kappa shape index (κ3) is 3.72. The topological polar surface area (TPSA) is 72.1 Å². The molecule has 7 heteroatoms. The predicted molar refractivity (Wildman–Crippen MR) is 101 cm³/mol. The smallest absolute Gasteiger partial charge is 0.337 e. The summed E-state index contributed by atoms with van der Waals surface area (Å²) in [7, 11) is 1.33. The fourth-order valence-electron chi connectivity index (χ4n) is 2.46. The number of ether oxygens (including phenoxy) is 1. The Morgan fingerprint density at radius 2 is 2.15 bits per heavy atom. The summed E-state index contributed by atoms with van der Waals surface area (Å²) in [6.07, 6.45) is 1.72. The van der Waals surface area contributed by atoms with Gasteiger partial charge in [0.25, 0.3) is 5.91 Å². The molecule has 2 heterocycles. The van der Waals surface area contributed by atoms with Gasteiger partial charge in [-0.05, 0) is 55.9 Å². The van der Waals surface area contributed by atoms with E-state index in [1.54, 1.807) is 35.2 Å². The number of hydrogen-bond acceptors (Lipinski definition) is 6. The molecular weight excluding hydrogens is 352 g/mol. The van der Waals surface area contributed by atoms with Crippen LogP contribution in [0.4, 0.5) is 5.69 Å². The van der Waals surface area contributed by atoms with E-state index in [2.05, 4.69) is 4.99 Å². The lowest BCUT2D eigenvalue weighted by Gasteiger charge is -2.12. The zero-order valence-corrected chi connectivity index (χ0v) is 15.5. The van der Waals surface area contributed by atoms with Crippen LogP contribution in [-0.4, -0.2) is 35.6 Å². The number of likely N-dealkylation sites (N-methyl/N-ethyl adjacent to an activating group) is 1. The highest BCUT2D eigenvalue weighted by Crippen LogP contribution is 2.34. The molecular formula is C19H18N2O4S. The molecule has 0 bridgehead atoms. The number of carbonyl (C=O) groups excluding carboxylic acids is 2. The minimum absolute atomic E-state index is 0.116. The molecule has 1 aliphatic rings. The zero-order valence-electron chi connectivity index (χ0n) is 14.7. The minimum atomic E-state index is -0.427. The van der Waals surface area contributed by atoms with E-state index < -0.39 is 5.97 Å². The number of amides is 1. The Kier molecular flexibility index (Phi) is 5.27. The van der Waals surface area contributed by atoms with Gasteiger partial charge in [0.2, 0.25) is 0 Å². The molecule has 1 aromatic carbocycles. The van der Waals surface area contributed by atoms with Crippen LogP contribution in [0.15, 0.2) is 50.7 Å². The molecule has 1 aromatic heterocycles. The van der Waals surface area contributed by atoms with Gasteiger partial charge in [-0.15, -0.1) is 0 Å². The van der Waals surface area contributed by atoms with E-state index in [-0.39, 0.29) is 5.91 Å². The van der Waals surface area contributed by atoms with Gasteiger partial charge < -0.3 is 9.15 Å². The first kappa shape index (κ1) is 18.0. The molecule has 6 nitrogen and oxygen atoms in total. The van der Waals surface area contributed by atoms with Gasteiger partial charge in [-0.2, -0.15) is 0 Å². The first-order chi connectivity index (χ1) is 12.5. The average molecular weight is 370 g/mol. The number of nitrogens with zero attached hydrogens (tertiary/aromatic N) is 2. The fourth-order valence-corrected chi connectivity index (χ4v) is 3.50. The number of hydrogen-bond donors (Lipinski definition) is 0. The molecule has 1 saturated heterocycles. The van der Waals surface area contributed by atoms with Gasteiger partial charge in [0.15, 0.2) is 5.17 Å². The second-order valence-electron chi connectivity index (χ2n) is 5.54. The molecule has 2 aromatic rings. The van der Waals surface area contributed by atoms with Crippen molar-refractivity contribution in [3.63, 3.8) is 0 Å². The molecule has 134 valence electrons. The molecule has 1 fully saturated rings. The predicted octanol–water partition coefficient (Wildman–Crippen LogP) is 4.00. The Morgan fingerprint density at radius 1 is 1.35 bits per heavy atom. The van der Waals surface area contributed by atoms with Gasteiger partial charge in [0.05, 0.1) is 23.3 Å². The van der Waals surface area contributed by atoms with Crippen LogP contribution in [0, 0.1) is 6.92 Å². The largest absolute Gasteiger partial charge is 0.465 e. The summed E-state index contributed by atoms with van der Waals surface area (Å²) in [6, 6.07) is 10.5. The minimum Gasteiger partial charge on any atom is -0.465 e. The highest BCUT2D eigenvalue weighted by Gasteiger charge is 2.32. The molecule has 0 atom stereocenters. The lowest BCUT2D eigenvalue weighted by molar-refractivity contribution is -0.122. The van der Waals surface area contributed by atoms with Crippen molar-refractivity contribution in [1.29, 1.82) is 0 Å². The number of aliphatic imine (C=N–C) groups is 1. The molecule has 0 saturated carbocycles. The van der Waals surface area contributed by atoms with E-state index in [0.29, 0.717) is 33.6 Å². The fraction of sp³-hybridized carbons (Fsp3) is 0.211. The second-order valence-corrected chi connectivity index (χ2v) is 6.55. The van der Waals surface area contributed by atoms with E-state index in [9.17, 15) is 9.59 Å². The van der Waals surface area contributed by atoms with E-state index >= 15 is 0 Å². The number of esters is 1. The SMILES string of the molecule is CCN1C(=O)C(=Cc2ccc(C)o2)SC1=Nc1cccc(C(=O)OC)c1. The summed E-state index contributed by atoms with van der Waals surface area (Å²) in [6.45, 7) is 4.24. The first-order valence-electron chi connectivity index (χ1n) is 8.06. The Balaban J connectivity index is 1.92. The van der Waals surface area contributed by atoms with Gasteiger partial charge >= 0.3 is 5.97 Å². The van der Waals surface area contributed by atoms with Crippen molar-refractivity contribution in [1.82, 2.24) is 4.90 Å². The Morgan fingerprint density at radius 3 is 2.81 bits per heavy atom. The van der Waals surface area contributed by atoms with Crippen LogP contribution in [0.3, 0.4) is 0 Å². The van der Waals surface area contributed by atoms with Gasteiger partial charge in [0.1, 0.15) is 11.5 Å². The summed E-state index contributed by atoms with van der Waals surface area (Å²) in [5.41, 5.74) is 0.991. The van der Waals surface area contributed by atoms with Gasteiger partial charge in [-0.3, -0.25) is 9.69 Å². The summed E-state index contributed by atoms with van der Waals surface area (Å²) < 4.78 is 10.2. The summed E-state index contributed by atoms with van der Waals surface area (Å²) in [5.74, 6) is 0.870. The molecule has 1 aliphatic heterocycles. The third-order valence-corrected chi connectivity index (χ3v) is 4.74. The molecule has 0 aliphatic carbocycles. The van der Waals surface area contributed by atoms with Crippen LogP contribution in [-0.2, 0) is 9.53 Å². The highest BCUT2D eigenvalue weighted by atomic mass is 32.2. The zero-order chi connectivity index (χ0) is 18.7. The van der Waals surface area contributed by atoms with Crippen LogP contribution in [0.5, 0.6) is 0 Å². The van der Waals surface area contributed by atoms with Gasteiger partial charge in [-0.25, -0.2) is 9.79 Å². The molecule has 0 radical (unpaired) electrons. The Hall–Kier alpha value is -2.80. The summed E-state index contributed by atoms with van der Waals surface area (Å²) >= 11 is 1.28. The third-order valence-electron chi connectivity index (χ3n) is 3.73. The highest BCUT2D eigenvalue weighted by molar-refractivity contribution is 8.18. The Bertz CT molecular complexity index is 914. The van der Waals surface area contributed by atoms with Crippen LogP contribution in [0.1, 0.15) is 28.8 Å². The van der Waals surface area contributed by atoms with Crippen molar-refractivity contribution in [2.24, 2.45) is 4.99 Å². The first-order valence-corrected chi connectivity index (χ1v) is 8.88. The lowest BCUT2D eigenvalue weighted by Crippen LogP contribution is -2.28. The van der Waals surface area contributed by atoms with Crippen molar-refractivity contribution >= 4 is 40.6 Å². The molecule has 0 unspecified atom stereocenters. The Labute approximate surface area is 155 Å². The lowest BCUT2D eigenvalue weighted by atomic mass is 10.2. The van der Waals surface area contributed by atoms with Crippen LogP contribution in [0.25, 0.3) is 6.08 Å². The molecule has 26 heavy (non-hydrogen) atoms. The number of aryl methyl sites for hydroxylation is 1. The van der Waals surface area contributed by atoms with Crippen molar-refractivity contribution in [3.8, 4) is 0 Å². The molecule has 3 rings (SSSR count). The molecule has 0 N–H and O–H groups in total. The average Bonchev–Trinajstić information content (AvgIpc) is 3.17. The van der Waals surface area contributed by atoms with Crippen molar-refractivity contribution in [3.05, 3.63) is 58.4 Å². The molecule has 1 amide bonds. The van der Waals surface area contributed by atoms with Crippen LogP contribution >= 0.6 is 11.8 Å². The maximum atomic E-state index is 12.6. The maximum absolute atomic E-state index is 12.6. The number of benzene rings is 1. The number of amidine groups is 1. The number of rotatable bonds is 4. The van der Waals surface area contributed by atoms with Crippen LogP contribution in [0.2, 0.25) is 0 Å². The van der Waals surface area contributed by atoms with Gasteiger partial charge in [-0.1, -0.05) is 6.07 Å². The number of methoxy groups -OCH3 is 1. The van der Waals surface area contributed by atoms with Crippen LogP contribution < -0.4 is 0 Å². The van der Waals surface area contributed by atoms with E-state index in [1.165, 1.54) is 18.9 Å². The second kappa shape index (κ2) is 7.61. The normalized spacial score (nSPS) is 17.3.